The van der Waals surface area contributed by atoms with Crippen LogP contribution in [0.15, 0.2) is 17.4 Å². The molecule has 9 heteroatoms. The fourth-order valence-corrected chi connectivity index (χ4v) is 4.34. The second-order valence-electron chi connectivity index (χ2n) is 5.93. The van der Waals surface area contributed by atoms with Crippen LogP contribution < -0.4 is 5.56 Å². The van der Waals surface area contributed by atoms with Crippen LogP contribution in [0.5, 0.6) is 0 Å². The molecule has 1 aliphatic rings. The number of H-pyrrole nitrogens is 2. The molecule has 4 heterocycles. The van der Waals surface area contributed by atoms with Crippen molar-refractivity contribution < 1.29 is 4.79 Å². The van der Waals surface area contributed by atoms with Gasteiger partial charge in [0, 0.05) is 19.0 Å². The zero-order valence-electron chi connectivity index (χ0n) is 13.1. The van der Waals surface area contributed by atoms with E-state index in [1.165, 1.54) is 24.0 Å². The Morgan fingerprint density at radius 2 is 2.29 bits per heavy atom. The molecule has 1 fully saturated rings. The smallest absolute Gasteiger partial charge is 0.264 e. The Labute approximate surface area is 140 Å². The Morgan fingerprint density at radius 1 is 1.42 bits per heavy atom. The number of nitrogens with one attached hydrogen (secondary N) is 2. The van der Waals surface area contributed by atoms with Gasteiger partial charge in [-0.05, 0) is 25.3 Å². The summed E-state index contributed by atoms with van der Waals surface area (Å²) in [5.41, 5.74) is 0.502. The Kier molecular flexibility index (Phi) is 3.64. The highest BCUT2D eigenvalue weighted by molar-refractivity contribution is 7.20. The molecule has 4 rings (SSSR count). The summed E-state index contributed by atoms with van der Waals surface area (Å²) in [6.07, 6.45) is 4.76. The first kappa shape index (κ1) is 15.0. The van der Waals surface area contributed by atoms with Gasteiger partial charge in [0.1, 0.15) is 17.0 Å². The van der Waals surface area contributed by atoms with E-state index in [0.29, 0.717) is 33.7 Å². The number of aromatic nitrogens is 5. The van der Waals surface area contributed by atoms with E-state index in [9.17, 15) is 9.59 Å². The molecule has 124 valence electrons. The molecule has 3 aromatic heterocycles. The van der Waals surface area contributed by atoms with Crippen molar-refractivity contribution in [3.05, 3.63) is 39.3 Å². The highest BCUT2D eigenvalue weighted by atomic mass is 32.1. The van der Waals surface area contributed by atoms with Crippen LogP contribution in [-0.4, -0.2) is 49.0 Å². The summed E-state index contributed by atoms with van der Waals surface area (Å²) in [7, 11) is 0. The van der Waals surface area contributed by atoms with Crippen LogP contribution in [0, 0.1) is 6.92 Å². The van der Waals surface area contributed by atoms with E-state index >= 15 is 0 Å². The number of amides is 1. The number of aryl methyl sites for hydroxylation is 1. The average Bonchev–Trinajstić information content (AvgIpc) is 3.23. The van der Waals surface area contributed by atoms with E-state index in [-0.39, 0.29) is 17.4 Å². The zero-order chi connectivity index (χ0) is 16.7. The van der Waals surface area contributed by atoms with Crippen LogP contribution in [0.25, 0.3) is 10.2 Å². The number of nitrogens with zero attached hydrogens (tertiary/aromatic N) is 4. The summed E-state index contributed by atoms with van der Waals surface area (Å²) in [6.45, 7) is 3.12. The number of thiophene rings is 1. The van der Waals surface area contributed by atoms with Crippen LogP contribution in [0.4, 0.5) is 0 Å². The van der Waals surface area contributed by atoms with Crippen molar-refractivity contribution in [2.75, 3.05) is 13.1 Å². The van der Waals surface area contributed by atoms with Crippen LogP contribution in [0.1, 0.15) is 39.8 Å². The fraction of sp³-hybridized carbons (Fsp3) is 0.400. The summed E-state index contributed by atoms with van der Waals surface area (Å²) in [4.78, 5) is 38.9. The van der Waals surface area contributed by atoms with Crippen molar-refractivity contribution >= 4 is 27.5 Å². The molecule has 24 heavy (non-hydrogen) atoms. The minimum Gasteiger partial charge on any atom is -0.337 e. The Balaban J connectivity index is 1.65. The van der Waals surface area contributed by atoms with Gasteiger partial charge in [0.25, 0.3) is 11.5 Å². The molecule has 1 amide bonds. The van der Waals surface area contributed by atoms with E-state index in [0.717, 1.165) is 18.7 Å². The molecule has 0 bridgehead atoms. The number of piperidine rings is 1. The van der Waals surface area contributed by atoms with Gasteiger partial charge in [-0.3, -0.25) is 14.7 Å². The van der Waals surface area contributed by atoms with Crippen molar-refractivity contribution in [3.63, 3.8) is 0 Å². The van der Waals surface area contributed by atoms with Crippen molar-refractivity contribution in [2.24, 2.45) is 0 Å². The van der Waals surface area contributed by atoms with Gasteiger partial charge in [0.05, 0.1) is 16.6 Å². The standard InChI is InChI=1S/C15H16N6O2S/c1-8-10-13(22)17-6-18-14(10)24-11(8)15(23)21-4-2-3-9(5-21)12-16-7-19-20-12/h6-7,9H,2-5H2,1H3,(H,16,19,20)(H,17,18,22). The molecule has 8 nitrogen and oxygen atoms in total. The van der Waals surface area contributed by atoms with Crippen LogP contribution in [0.2, 0.25) is 0 Å². The lowest BCUT2D eigenvalue weighted by Gasteiger charge is -2.31. The molecular weight excluding hydrogens is 328 g/mol. The van der Waals surface area contributed by atoms with E-state index in [2.05, 4.69) is 25.1 Å². The molecule has 1 unspecified atom stereocenters. The molecular formula is C15H16N6O2S. The summed E-state index contributed by atoms with van der Waals surface area (Å²) in [5.74, 6) is 0.944. The van der Waals surface area contributed by atoms with Gasteiger partial charge in [-0.25, -0.2) is 9.97 Å². The van der Waals surface area contributed by atoms with Gasteiger partial charge in [-0.2, -0.15) is 5.10 Å². The molecule has 0 saturated carbocycles. The minimum absolute atomic E-state index is 0.0425. The molecule has 1 aliphatic heterocycles. The van der Waals surface area contributed by atoms with Crippen molar-refractivity contribution in [1.82, 2.24) is 30.0 Å². The lowest BCUT2D eigenvalue weighted by molar-refractivity contribution is 0.0709. The third-order valence-electron chi connectivity index (χ3n) is 4.46. The third kappa shape index (κ3) is 2.41. The molecule has 1 saturated heterocycles. The number of carbonyl (C=O) groups is 1. The number of carbonyl (C=O) groups excluding carboxylic acids is 1. The second-order valence-corrected chi connectivity index (χ2v) is 6.93. The first-order valence-electron chi connectivity index (χ1n) is 7.76. The Hall–Kier alpha value is -2.55. The first-order chi connectivity index (χ1) is 11.6. The number of fused-ring (bicyclic) bond motifs is 1. The first-order valence-corrected chi connectivity index (χ1v) is 8.58. The second kappa shape index (κ2) is 5.82. The van der Waals surface area contributed by atoms with E-state index in [1.54, 1.807) is 6.92 Å². The minimum atomic E-state index is -0.203. The number of rotatable bonds is 2. The predicted molar refractivity (Wildman–Crippen MR) is 89.2 cm³/mol. The topological polar surface area (TPSA) is 108 Å². The number of hydrogen-bond acceptors (Lipinski definition) is 6. The van der Waals surface area contributed by atoms with Crippen molar-refractivity contribution in [3.8, 4) is 0 Å². The van der Waals surface area contributed by atoms with Gasteiger partial charge in [-0.1, -0.05) is 0 Å². The molecule has 3 aromatic rings. The number of likely N-dealkylation sites (tertiary alicyclic amines) is 1. The van der Waals surface area contributed by atoms with E-state index in [4.69, 9.17) is 0 Å². The molecule has 0 spiro atoms. The largest absolute Gasteiger partial charge is 0.337 e. The lowest BCUT2D eigenvalue weighted by Crippen LogP contribution is -2.39. The Morgan fingerprint density at radius 3 is 3.04 bits per heavy atom. The number of aromatic amines is 2. The summed E-state index contributed by atoms with van der Waals surface area (Å²) in [6, 6.07) is 0. The SMILES string of the molecule is Cc1c(C(=O)N2CCCC(c3ncn[nH]3)C2)sc2nc[nH]c(=O)c12. The molecule has 0 radical (unpaired) electrons. The maximum absolute atomic E-state index is 13.0. The molecule has 2 N–H and O–H groups in total. The summed E-state index contributed by atoms with van der Waals surface area (Å²) >= 11 is 1.28. The van der Waals surface area contributed by atoms with Crippen molar-refractivity contribution in [2.45, 2.75) is 25.7 Å². The number of hydrogen-bond donors (Lipinski definition) is 2. The normalized spacial score (nSPS) is 18.2. The molecule has 0 aliphatic carbocycles. The van der Waals surface area contributed by atoms with Crippen LogP contribution in [0.3, 0.4) is 0 Å². The summed E-state index contributed by atoms with van der Waals surface area (Å²) < 4.78 is 0. The predicted octanol–water partition coefficient (Wildman–Crippen LogP) is 1.43. The quantitative estimate of drug-likeness (QED) is 0.731. The highest BCUT2D eigenvalue weighted by Crippen LogP contribution is 2.30. The van der Waals surface area contributed by atoms with Gasteiger partial charge < -0.3 is 9.88 Å². The lowest BCUT2D eigenvalue weighted by atomic mass is 9.97. The zero-order valence-corrected chi connectivity index (χ0v) is 13.9. The monoisotopic (exact) mass is 344 g/mol. The van der Waals surface area contributed by atoms with Gasteiger partial charge in [0.15, 0.2) is 0 Å². The van der Waals surface area contributed by atoms with E-state index < -0.39 is 0 Å². The average molecular weight is 344 g/mol. The van der Waals surface area contributed by atoms with E-state index in [1.807, 2.05) is 4.90 Å². The highest BCUT2D eigenvalue weighted by Gasteiger charge is 2.29. The third-order valence-corrected chi connectivity index (χ3v) is 5.64. The maximum Gasteiger partial charge on any atom is 0.264 e. The Bertz CT molecular complexity index is 945. The van der Waals surface area contributed by atoms with Gasteiger partial charge >= 0.3 is 0 Å². The van der Waals surface area contributed by atoms with Gasteiger partial charge in [-0.15, -0.1) is 11.3 Å². The molecule has 0 aromatic carbocycles. The summed E-state index contributed by atoms with van der Waals surface area (Å²) in [5, 5.41) is 7.30. The van der Waals surface area contributed by atoms with Crippen molar-refractivity contribution in [1.29, 1.82) is 0 Å². The maximum atomic E-state index is 13.0. The van der Waals surface area contributed by atoms with Crippen LogP contribution >= 0.6 is 11.3 Å². The fourth-order valence-electron chi connectivity index (χ4n) is 3.22. The molecule has 1 atom stereocenters. The van der Waals surface area contributed by atoms with Gasteiger partial charge in [0.2, 0.25) is 0 Å². The van der Waals surface area contributed by atoms with Crippen LogP contribution in [-0.2, 0) is 0 Å².